The monoisotopic (exact) mass is 433 g/mol. The van der Waals surface area contributed by atoms with E-state index in [0.717, 1.165) is 33.4 Å². The van der Waals surface area contributed by atoms with Gasteiger partial charge in [0.05, 0.1) is 13.4 Å². The molecule has 0 spiro atoms. The van der Waals surface area contributed by atoms with Gasteiger partial charge in [-0.2, -0.15) is 11.8 Å². The molecule has 0 saturated heterocycles. The van der Waals surface area contributed by atoms with Crippen molar-refractivity contribution in [2.45, 2.75) is 22.2 Å². The van der Waals surface area contributed by atoms with Crippen LogP contribution in [0.5, 0.6) is 5.75 Å². The predicted octanol–water partition coefficient (Wildman–Crippen LogP) is 5.03. The van der Waals surface area contributed by atoms with Crippen molar-refractivity contribution in [2.24, 2.45) is 0 Å². The van der Waals surface area contributed by atoms with Crippen LogP contribution in [0.4, 0.5) is 0 Å². The Kier molecular flexibility index (Phi) is 7.15. The second-order valence-electron chi connectivity index (χ2n) is 6.34. The van der Waals surface area contributed by atoms with E-state index in [1.165, 1.54) is 15.8 Å². The standard InChI is InChI=1S/C21H23NO3S3/c1-25-20-10-8-18(9-11-20)15-27-21-12-19(22(13-21)28(2,23)24)16-26-14-17-6-4-3-5-7-17/h3-13H,14-16H2,1-2H3. The lowest BCUT2D eigenvalue weighted by atomic mass is 10.2. The Hall–Kier alpha value is -1.83. The minimum absolute atomic E-state index is 0.644. The Balaban J connectivity index is 1.66. The number of rotatable bonds is 9. The molecule has 1 heterocycles. The molecule has 4 nitrogen and oxygen atoms in total. The summed E-state index contributed by atoms with van der Waals surface area (Å²) in [5.74, 6) is 3.10. The van der Waals surface area contributed by atoms with Gasteiger partial charge >= 0.3 is 0 Å². The molecule has 0 aliphatic rings. The number of ether oxygens (including phenoxy) is 1. The largest absolute Gasteiger partial charge is 0.497 e. The molecule has 0 radical (unpaired) electrons. The van der Waals surface area contributed by atoms with Crippen molar-refractivity contribution in [3.05, 3.63) is 83.7 Å². The van der Waals surface area contributed by atoms with Crippen LogP contribution in [0.1, 0.15) is 16.8 Å². The van der Waals surface area contributed by atoms with Crippen molar-refractivity contribution in [3.8, 4) is 5.75 Å². The maximum absolute atomic E-state index is 12.2. The summed E-state index contributed by atoms with van der Waals surface area (Å²) in [6.07, 6.45) is 2.97. The van der Waals surface area contributed by atoms with Crippen LogP contribution in [0.25, 0.3) is 0 Å². The molecular formula is C21H23NO3S3. The summed E-state index contributed by atoms with van der Waals surface area (Å²) in [7, 11) is -1.68. The first-order valence-electron chi connectivity index (χ1n) is 8.75. The van der Waals surface area contributed by atoms with E-state index in [9.17, 15) is 8.42 Å². The van der Waals surface area contributed by atoms with Crippen LogP contribution >= 0.6 is 23.5 Å². The number of nitrogens with zero attached hydrogens (tertiary/aromatic N) is 1. The number of hydrogen-bond donors (Lipinski definition) is 0. The Morgan fingerprint density at radius 3 is 2.25 bits per heavy atom. The van der Waals surface area contributed by atoms with Gasteiger partial charge in [0.2, 0.25) is 10.0 Å². The fraction of sp³-hybridized carbons (Fsp3) is 0.238. The van der Waals surface area contributed by atoms with Crippen LogP contribution in [0.2, 0.25) is 0 Å². The SMILES string of the molecule is COc1ccc(CSc2cc(CSCc3ccccc3)n(S(C)(=O)=O)c2)cc1. The first-order chi connectivity index (χ1) is 13.5. The minimum Gasteiger partial charge on any atom is -0.497 e. The molecular weight excluding hydrogens is 410 g/mol. The maximum Gasteiger partial charge on any atom is 0.235 e. The molecule has 0 saturated carbocycles. The fourth-order valence-corrected chi connectivity index (χ4v) is 5.58. The smallest absolute Gasteiger partial charge is 0.235 e. The van der Waals surface area contributed by atoms with Crippen molar-refractivity contribution in [1.82, 2.24) is 3.97 Å². The van der Waals surface area contributed by atoms with E-state index in [2.05, 4.69) is 12.1 Å². The summed E-state index contributed by atoms with van der Waals surface area (Å²) in [5, 5.41) is 0. The molecule has 0 aliphatic heterocycles. The molecule has 7 heteroatoms. The average Bonchev–Trinajstić information content (AvgIpc) is 3.11. The molecule has 0 amide bonds. The molecule has 0 N–H and O–H groups in total. The van der Waals surface area contributed by atoms with Gasteiger partial charge in [-0.3, -0.25) is 0 Å². The van der Waals surface area contributed by atoms with Gasteiger partial charge < -0.3 is 4.74 Å². The predicted molar refractivity (Wildman–Crippen MR) is 119 cm³/mol. The van der Waals surface area contributed by atoms with Gasteiger partial charge in [-0.15, -0.1) is 11.8 Å². The fourth-order valence-electron chi connectivity index (χ4n) is 2.69. The lowest BCUT2D eigenvalue weighted by molar-refractivity contribution is 0.414. The maximum atomic E-state index is 12.2. The molecule has 0 unspecified atom stereocenters. The van der Waals surface area contributed by atoms with Gasteiger partial charge in [-0.1, -0.05) is 42.5 Å². The van der Waals surface area contributed by atoms with Crippen molar-refractivity contribution in [1.29, 1.82) is 0 Å². The second kappa shape index (κ2) is 9.58. The summed E-state index contributed by atoms with van der Waals surface area (Å²) < 4.78 is 30.9. The van der Waals surface area contributed by atoms with Crippen LogP contribution in [0.3, 0.4) is 0 Å². The molecule has 28 heavy (non-hydrogen) atoms. The number of thioether (sulfide) groups is 2. The normalized spacial score (nSPS) is 11.5. The Morgan fingerprint density at radius 2 is 1.61 bits per heavy atom. The summed E-state index contributed by atoms with van der Waals surface area (Å²) in [6.45, 7) is 0. The van der Waals surface area contributed by atoms with Gasteiger partial charge in [0.1, 0.15) is 5.75 Å². The molecule has 148 valence electrons. The average molecular weight is 434 g/mol. The highest BCUT2D eigenvalue weighted by Gasteiger charge is 2.14. The van der Waals surface area contributed by atoms with E-state index in [0.29, 0.717) is 5.75 Å². The quantitative estimate of drug-likeness (QED) is 0.443. The third-order valence-electron chi connectivity index (χ3n) is 4.12. The van der Waals surface area contributed by atoms with E-state index in [4.69, 9.17) is 4.74 Å². The molecule has 1 aromatic heterocycles. The van der Waals surface area contributed by atoms with Gasteiger partial charge in [0.15, 0.2) is 0 Å². The van der Waals surface area contributed by atoms with Gasteiger partial charge in [0, 0.05) is 34.0 Å². The first kappa shape index (κ1) is 20.9. The molecule has 0 bridgehead atoms. The van der Waals surface area contributed by atoms with Crippen LogP contribution in [0, 0.1) is 0 Å². The number of aromatic nitrogens is 1. The van der Waals surface area contributed by atoms with E-state index < -0.39 is 10.0 Å². The molecule has 0 aliphatic carbocycles. The van der Waals surface area contributed by atoms with E-state index in [1.807, 2.05) is 48.5 Å². The van der Waals surface area contributed by atoms with Gasteiger partial charge in [-0.25, -0.2) is 12.4 Å². The highest BCUT2D eigenvalue weighted by Crippen LogP contribution is 2.29. The Morgan fingerprint density at radius 1 is 0.929 bits per heavy atom. The summed E-state index contributed by atoms with van der Waals surface area (Å²) in [6, 6.07) is 20.1. The number of methoxy groups -OCH3 is 1. The lowest BCUT2D eigenvalue weighted by Crippen LogP contribution is -2.11. The Bertz CT molecular complexity index is 997. The summed E-state index contributed by atoms with van der Waals surface area (Å²) in [4.78, 5) is 0.955. The molecule has 3 rings (SSSR count). The molecule has 3 aromatic rings. The second-order valence-corrected chi connectivity index (χ2v) is 10.2. The summed E-state index contributed by atoms with van der Waals surface area (Å²) >= 11 is 3.35. The molecule has 0 atom stereocenters. The lowest BCUT2D eigenvalue weighted by Gasteiger charge is -2.06. The third-order valence-corrected chi connectivity index (χ3v) is 7.25. The first-order valence-corrected chi connectivity index (χ1v) is 12.7. The topological polar surface area (TPSA) is 48.3 Å². The van der Waals surface area contributed by atoms with Gasteiger partial charge in [0.25, 0.3) is 0 Å². The zero-order valence-electron chi connectivity index (χ0n) is 15.9. The van der Waals surface area contributed by atoms with E-state index in [1.54, 1.807) is 36.8 Å². The van der Waals surface area contributed by atoms with Crippen LogP contribution < -0.4 is 4.74 Å². The van der Waals surface area contributed by atoms with Crippen molar-refractivity contribution in [2.75, 3.05) is 13.4 Å². The third kappa shape index (κ3) is 5.83. The van der Waals surface area contributed by atoms with Crippen LogP contribution in [0.15, 0.2) is 71.8 Å². The van der Waals surface area contributed by atoms with Crippen LogP contribution in [-0.2, 0) is 27.3 Å². The van der Waals surface area contributed by atoms with Gasteiger partial charge in [-0.05, 0) is 29.3 Å². The van der Waals surface area contributed by atoms with Crippen molar-refractivity contribution in [3.63, 3.8) is 0 Å². The van der Waals surface area contributed by atoms with E-state index in [-0.39, 0.29) is 0 Å². The van der Waals surface area contributed by atoms with Crippen LogP contribution in [-0.4, -0.2) is 25.8 Å². The van der Waals surface area contributed by atoms with Crippen molar-refractivity contribution < 1.29 is 13.2 Å². The molecule has 2 aromatic carbocycles. The minimum atomic E-state index is -3.33. The number of benzene rings is 2. The molecule has 0 fully saturated rings. The highest BCUT2D eigenvalue weighted by atomic mass is 32.2. The van der Waals surface area contributed by atoms with Crippen molar-refractivity contribution >= 4 is 33.5 Å². The zero-order valence-corrected chi connectivity index (χ0v) is 18.3. The Labute approximate surface area is 175 Å². The zero-order chi connectivity index (χ0) is 20.0. The number of hydrogen-bond acceptors (Lipinski definition) is 5. The highest BCUT2D eigenvalue weighted by molar-refractivity contribution is 7.98. The summed E-state index contributed by atoms with van der Waals surface area (Å²) in [5.41, 5.74) is 3.21. The van der Waals surface area contributed by atoms with E-state index >= 15 is 0 Å².